The highest BCUT2D eigenvalue weighted by molar-refractivity contribution is 5.80. The van der Waals surface area contributed by atoms with Crippen molar-refractivity contribution in [3.05, 3.63) is 0 Å². The zero-order chi connectivity index (χ0) is 16.3. The van der Waals surface area contributed by atoms with Crippen molar-refractivity contribution < 1.29 is 9.53 Å². The monoisotopic (exact) mass is 323 g/mol. The molecule has 0 bridgehead atoms. The van der Waals surface area contributed by atoms with Gasteiger partial charge < -0.3 is 20.3 Å². The standard InChI is InChI=1S/C16H29N5O2/c1-16(11-23-12-16)10-18-15(17-2)21-7-5-20(6-8-21)9-14(22)19-13-3-4-13/h13H,3-12H2,1-2H3,(H,17,18)(H,19,22). The highest BCUT2D eigenvalue weighted by Gasteiger charge is 2.34. The molecule has 1 aliphatic carbocycles. The van der Waals surface area contributed by atoms with Crippen LogP contribution in [0.3, 0.4) is 0 Å². The SMILES string of the molecule is CN=C(NCC1(C)COC1)N1CCN(CC(=O)NC2CC2)CC1. The molecule has 0 unspecified atom stereocenters. The van der Waals surface area contributed by atoms with E-state index in [2.05, 4.69) is 32.3 Å². The number of amides is 1. The molecule has 2 saturated heterocycles. The lowest BCUT2D eigenvalue weighted by Crippen LogP contribution is -2.56. The number of piperazine rings is 1. The molecule has 2 N–H and O–H groups in total. The van der Waals surface area contributed by atoms with Gasteiger partial charge in [-0.25, -0.2) is 0 Å². The van der Waals surface area contributed by atoms with Crippen LogP contribution < -0.4 is 10.6 Å². The first-order chi connectivity index (χ1) is 11.1. The predicted molar refractivity (Wildman–Crippen MR) is 89.5 cm³/mol. The normalized spacial score (nSPS) is 25.0. The van der Waals surface area contributed by atoms with Crippen molar-refractivity contribution in [2.24, 2.45) is 10.4 Å². The summed E-state index contributed by atoms with van der Waals surface area (Å²) in [5.74, 6) is 1.13. The van der Waals surface area contributed by atoms with Crippen LogP contribution in [-0.4, -0.2) is 87.2 Å². The molecule has 3 fully saturated rings. The highest BCUT2D eigenvalue weighted by Crippen LogP contribution is 2.25. The molecule has 0 aromatic carbocycles. The largest absolute Gasteiger partial charge is 0.380 e. The number of ether oxygens (including phenoxy) is 1. The van der Waals surface area contributed by atoms with Gasteiger partial charge in [0.05, 0.1) is 19.8 Å². The lowest BCUT2D eigenvalue weighted by molar-refractivity contribution is -0.122. The van der Waals surface area contributed by atoms with E-state index in [0.717, 1.165) is 64.7 Å². The molecule has 2 aliphatic heterocycles. The van der Waals surface area contributed by atoms with E-state index in [4.69, 9.17) is 4.74 Å². The minimum absolute atomic E-state index is 0.168. The Morgan fingerprint density at radius 1 is 1.26 bits per heavy atom. The van der Waals surface area contributed by atoms with Crippen molar-refractivity contribution in [1.82, 2.24) is 20.4 Å². The van der Waals surface area contributed by atoms with Crippen LogP contribution >= 0.6 is 0 Å². The minimum atomic E-state index is 0.168. The molecule has 0 spiro atoms. The number of guanidine groups is 1. The Bertz CT molecular complexity index is 451. The molecule has 23 heavy (non-hydrogen) atoms. The Kier molecular flexibility index (Phi) is 5.06. The number of carbonyl (C=O) groups is 1. The third kappa shape index (κ3) is 4.57. The zero-order valence-corrected chi connectivity index (χ0v) is 14.3. The van der Waals surface area contributed by atoms with Crippen LogP contribution in [0.5, 0.6) is 0 Å². The Morgan fingerprint density at radius 3 is 2.48 bits per heavy atom. The fraction of sp³-hybridized carbons (Fsp3) is 0.875. The van der Waals surface area contributed by atoms with E-state index >= 15 is 0 Å². The maximum atomic E-state index is 11.9. The van der Waals surface area contributed by atoms with Gasteiger partial charge in [0, 0.05) is 51.2 Å². The second kappa shape index (κ2) is 7.05. The van der Waals surface area contributed by atoms with Crippen molar-refractivity contribution in [1.29, 1.82) is 0 Å². The molecule has 0 aromatic heterocycles. The molecule has 130 valence electrons. The molecule has 0 radical (unpaired) electrons. The number of rotatable bonds is 5. The van der Waals surface area contributed by atoms with Crippen molar-refractivity contribution in [3.63, 3.8) is 0 Å². The summed E-state index contributed by atoms with van der Waals surface area (Å²) in [4.78, 5) is 20.8. The van der Waals surface area contributed by atoms with Gasteiger partial charge >= 0.3 is 0 Å². The molecule has 1 amide bonds. The smallest absolute Gasteiger partial charge is 0.234 e. The lowest BCUT2D eigenvalue weighted by Gasteiger charge is -2.40. The molecule has 3 aliphatic rings. The van der Waals surface area contributed by atoms with Crippen molar-refractivity contribution in [3.8, 4) is 0 Å². The maximum absolute atomic E-state index is 11.9. The summed E-state index contributed by atoms with van der Waals surface area (Å²) < 4.78 is 5.29. The van der Waals surface area contributed by atoms with Crippen LogP contribution in [0.15, 0.2) is 4.99 Å². The highest BCUT2D eigenvalue weighted by atomic mass is 16.5. The Morgan fingerprint density at radius 2 is 1.96 bits per heavy atom. The summed E-state index contributed by atoms with van der Waals surface area (Å²) in [7, 11) is 1.83. The van der Waals surface area contributed by atoms with Crippen LogP contribution in [0.4, 0.5) is 0 Å². The summed E-state index contributed by atoms with van der Waals surface area (Å²) in [6.45, 7) is 8.90. The second-order valence-corrected chi connectivity index (χ2v) is 7.31. The van der Waals surface area contributed by atoms with E-state index in [0.29, 0.717) is 12.6 Å². The summed E-state index contributed by atoms with van der Waals surface area (Å²) in [6, 6.07) is 0.448. The van der Waals surface area contributed by atoms with Gasteiger partial charge in [-0.1, -0.05) is 6.92 Å². The zero-order valence-electron chi connectivity index (χ0n) is 14.3. The molecule has 3 rings (SSSR count). The van der Waals surface area contributed by atoms with Gasteiger partial charge in [0.25, 0.3) is 0 Å². The van der Waals surface area contributed by atoms with Crippen LogP contribution in [0.25, 0.3) is 0 Å². The number of nitrogens with one attached hydrogen (secondary N) is 2. The van der Waals surface area contributed by atoms with Crippen LogP contribution in [0.1, 0.15) is 19.8 Å². The fourth-order valence-electron chi connectivity index (χ4n) is 3.00. The lowest BCUT2D eigenvalue weighted by atomic mass is 9.89. The minimum Gasteiger partial charge on any atom is -0.380 e. The third-order valence-corrected chi connectivity index (χ3v) is 4.77. The molecule has 7 heteroatoms. The van der Waals surface area contributed by atoms with Crippen molar-refractivity contribution in [2.75, 3.05) is 59.5 Å². The topological polar surface area (TPSA) is 69.2 Å². The van der Waals surface area contributed by atoms with Gasteiger partial charge in [-0.2, -0.15) is 0 Å². The summed E-state index contributed by atoms with van der Waals surface area (Å²) >= 11 is 0. The van der Waals surface area contributed by atoms with Crippen molar-refractivity contribution >= 4 is 11.9 Å². The fourth-order valence-corrected chi connectivity index (χ4v) is 3.00. The number of hydrogen-bond donors (Lipinski definition) is 2. The van der Waals surface area contributed by atoms with E-state index in [1.807, 2.05) is 7.05 Å². The van der Waals surface area contributed by atoms with E-state index in [1.54, 1.807) is 0 Å². The van der Waals surface area contributed by atoms with Crippen LogP contribution in [0, 0.1) is 5.41 Å². The van der Waals surface area contributed by atoms with Crippen LogP contribution in [0.2, 0.25) is 0 Å². The Hall–Kier alpha value is -1.34. The average molecular weight is 323 g/mol. The molecular weight excluding hydrogens is 294 g/mol. The summed E-state index contributed by atoms with van der Waals surface area (Å²) in [5.41, 5.74) is 0.235. The van der Waals surface area contributed by atoms with E-state index in [9.17, 15) is 4.79 Å². The third-order valence-electron chi connectivity index (χ3n) is 4.77. The van der Waals surface area contributed by atoms with E-state index in [1.165, 1.54) is 0 Å². The van der Waals surface area contributed by atoms with E-state index in [-0.39, 0.29) is 11.3 Å². The van der Waals surface area contributed by atoms with Gasteiger partial charge in [-0.05, 0) is 12.8 Å². The Labute approximate surface area is 138 Å². The van der Waals surface area contributed by atoms with Gasteiger partial charge in [0.2, 0.25) is 5.91 Å². The molecule has 2 heterocycles. The van der Waals surface area contributed by atoms with Crippen LogP contribution in [-0.2, 0) is 9.53 Å². The molecule has 1 saturated carbocycles. The van der Waals surface area contributed by atoms with Gasteiger partial charge in [0.15, 0.2) is 5.96 Å². The first-order valence-electron chi connectivity index (χ1n) is 8.63. The quantitative estimate of drug-likeness (QED) is 0.527. The summed E-state index contributed by atoms with van der Waals surface area (Å²) in [5, 5.41) is 6.52. The Balaban J connectivity index is 1.38. The van der Waals surface area contributed by atoms with Gasteiger partial charge in [-0.3, -0.25) is 14.7 Å². The number of aliphatic imine (C=N–C) groups is 1. The van der Waals surface area contributed by atoms with E-state index < -0.39 is 0 Å². The number of nitrogens with zero attached hydrogens (tertiary/aromatic N) is 3. The molecule has 7 nitrogen and oxygen atoms in total. The molecular formula is C16H29N5O2. The van der Waals surface area contributed by atoms with Gasteiger partial charge in [-0.15, -0.1) is 0 Å². The van der Waals surface area contributed by atoms with Gasteiger partial charge in [0.1, 0.15) is 0 Å². The number of carbonyl (C=O) groups excluding carboxylic acids is 1. The average Bonchev–Trinajstić information content (AvgIpc) is 3.31. The van der Waals surface area contributed by atoms with Crippen molar-refractivity contribution in [2.45, 2.75) is 25.8 Å². The molecule has 0 aromatic rings. The first kappa shape index (κ1) is 16.5. The predicted octanol–water partition coefficient (Wildman–Crippen LogP) is -0.505. The molecule has 0 atom stereocenters. The second-order valence-electron chi connectivity index (χ2n) is 7.31. The first-order valence-corrected chi connectivity index (χ1v) is 8.63. The summed E-state index contributed by atoms with van der Waals surface area (Å²) in [6.07, 6.45) is 2.29. The maximum Gasteiger partial charge on any atom is 0.234 e. The number of hydrogen-bond acceptors (Lipinski definition) is 4.